The Morgan fingerprint density at radius 2 is 1.60 bits per heavy atom. The standard InChI is InChI=1S/B10H10/c1-3-5-7-9-10-8-6-4-2/h1,4-10H,2H2. The molecule has 0 N–H and O–H groups in total. The van der Waals surface area contributed by atoms with Crippen LogP contribution in [-0.2, 0) is 0 Å². The van der Waals surface area contributed by atoms with Crippen molar-refractivity contribution in [2.24, 2.45) is 0 Å². The fourth-order valence-corrected chi connectivity index (χ4v) is 1.07. The van der Waals surface area contributed by atoms with Gasteiger partial charge in [-0.15, -0.1) is 0 Å². The number of hydrogen-bond donors (Lipinski definition) is 0. The van der Waals surface area contributed by atoms with Crippen LogP contribution in [0.15, 0.2) is 0 Å². The molecule has 0 saturated carbocycles. The molecule has 0 aliphatic heterocycles. The monoisotopic (exact) mass is 120 g/mol. The molecular formula is H10B10. The van der Waals surface area contributed by atoms with Crippen molar-refractivity contribution in [3.63, 3.8) is 0 Å². The molecule has 0 heterocycles. The van der Waals surface area contributed by atoms with Crippen molar-refractivity contribution in [1.29, 1.82) is 0 Å². The predicted octanol–water partition coefficient (Wildman–Crippen LogP) is -6.48. The Balaban J connectivity index is 2.70. The third kappa shape index (κ3) is 8.65. The van der Waals surface area contributed by atoms with Gasteiger partial charge in [-0.1, -0.05) is 0 Å². The first kappa shape index (κ1) is 10.6. The molecule has 0 aromatic carbocycles. The van der Waals surface area contributed by atoms with Crippen molar-refractivity contribution in [3.8, 4) is 0 Å². The third-order valence-electron chi connectivity index (χ3n) is 1.76. The molecule has 0 spiro atoms. The van der Waals surface area contributed by atoms with Gasteiger partial charge in [0.2, 0.25) is 0 Å². The van der Waals surface area contributed by atoms with E-state index in [0.29, 0.717) is 0 Å². The molecule has 0 unspecified atom stereocenters. The Morgan fingerprint density at radius 3 is 2.20 bits per heavy atom. The summed E-state index contributed by atoms with van der Waals surface area (Å²) in [5.74, 6) is 0. The first-order valence-corrected chi connectivity index (χ1v) is 4.52. The summed E-state index contributed by atoms with van der Waals surface area (Å²) in [6.45, 7) is 2.01. The number of hydrogen-bond acceptors (Lipinski definition) is 0. The molecule has 40 valence electrons. The van der Waals surface area contributed by atoms with E-state index in [0.717, 1.165) is 0 Å². The molecule has 0 bridgehead atoms. The van der Waals surface area contributed by atoms with Gasteiger partial charge < -0.3 is 0 Å². The first-order valence-electron chi connectivity index (χ1n) is 4.52. The average Bonchev–Trinajstić information content (AvgIpc) is 1.97. The molecule has 0 nitrogen and oxygen atoms in total. The maximum atomic E-state index is 3.69. The van der Waals surface area contributed by atoms with Gasteiger partial charge in [0.1, 0.15) is 0 Å². The Hall–Kier alpha value is 0.649. The molecule has 0 amide bonds. The molecule has 0 saturated heterocycles. The van der Waals surface area contributed by atoms with E-state index in [2.05, 4.69) is 15.1 Å². The topological polar surface area (TPSA) is 0 Å². The Kier molecular flexibility index (Phi) is 10.3. The van der Waals surface area contributed by atoms with Crippen LogP contribution in [0.3, 0.4) is 0 Å². The van der Waals surface area contributed by atoms with E-state index in [1.807, 2.05) is 6.69 Å². The van der Waals surface area contributed by atoms with Crippen LogP contribution in [0.1, 0.15) is 0 Å². The van der Waals surface area contributed by atoms with Gasteiger partial charge in [-0.3, -0.25) is 0 Å². The molecule has 10 heteroatoms. The summed E-state index contributed by atoms with van der Waals surface area (Å²) in [6, 6.07) is 0. The van der Waals surface area contributed by atoms with Crippen molar-refractivity contribution in [1.82, 2.24) is 0 Å². The van der Waals surface area contributed by atoms with E-state index in [9.17, 15) is 0 Å². The van der Waals surface area contributed by atoms with Gasteiger partial charge in [0.05, 0.1) is 0 Å². The molecule has 0 aliphatic carbocycles. The number of rotatable bonds is 7. The van der Waals surface area contributed by atoms with Crippen molar-refractivity contribution in [2.75, 3.05) is 0 Å². The molecule has 10 heavy (non-hydrogen) atoms. The van der Waals surface area contributed by atoms with Crippen LogP contribution in [0, 0.1) is 0 Å². The second-order valence-corrected chi connectivity index (χ2v) is 2.85. The summed E-state index contributed by atoms with van der Waals surface area (Å²) in [5.41, 5.74) is 0. The minimum atomic E-state index is 1.20. The summed E-state index contributed by atoms with van der Waals surface area (Å²) in [4.78, 5) is 0. The maximum absolute atomic E-state index is 3.69. The Labute approximate surface area is 71.7 Å². The fraction of sp³-hybridized carbons (Fsp3) is 0. The van der Waals surface area contributed by atoms with E-state index in [-0.39, 0.29) is 0 Å². The van der Waals surface area contributed by atoms with E-state index in [1.54, 1.807) is 0 Å². The summed E-state index contributed by atoms with van der Waals surface area (Å²) in [6.07, 6.45) is 0. The zero-order valence-electron chi connectivity index (χ0n) is 7.23. The predicted molar refractivity (Wildman–Crippen MR) is 71.5 cm³/mol. The molecule has 0 fully saturated rings. The molecule has 0 aromatic heterocycles. The van der Waals surface area contributed by atoms with Crippen LogP contribution >= 0.6 is 0 Å². The van der Waals surface area contributed by atoms with Crippen LogP contribution in [0.5, 0.6) is 0 Å². The van der Waals surface area contributed by atoms with Crippen LogP contribution in [0.4, 0.5) is 0 Å². The second-order valence-electron chi connectivity index (χ2n) is 2.85. The van der Waals surface area contributed by atoms with Crippen LogP contribution < -0.4 is 0 Å². The van der Waals surface area contributed by atoms with Gasteiger partial charge in [-0.25, -0.2) is 0 Å². The van der Waals surface area contributed by atoms with Gasteiger partial charge in [-0.2, -0.15) is 0 Å². The van der Waals surface area contributed by atoms with Crippen LogP contribution in [0.25, 0.3) is 0 Å². The van der Waals surface area contributed by atoms with Gasteiger partial charge in [0, 0.05) is 0 Å². The second kappa shape index (κ2) is 9.65. The van der Waals surface area contributed by atoms with Crippen molar-refractivity contribution in [2.45, 2.75) is 0 Å². The molecule has 0 aliphatic rings. The minimum absolute atomic E-state index is 1.20. The Morgan fingerprint density at radius 1 is 1.00 bits per heavy atom. The normalized spacial score (nSPS) is 6.30. The zero-order valence-corrected chi connectivity index (χ0v) is 7.23. The van der Waals surface area contributed by atoms with Crippen LogP contribution in [-0.4, -0.2) is 71.2 Å². The van der Waals surface area contributed by atoms with Gasteiger partial charge in [0.15, 0.2) is 0 Å². The van der Waals surface area contributed by atoms with E-state index >= 15 is 0 Å². The average molecular weight is 118 g/mol. The summed E-state index contributed by atoms with van der Waals surface area (Å²) >= 11 is 0. The fourth-order valence-electron chi connectivity index (χ4n) is 1.07. The molecule has 0 atom stereocenters. The van der Waals surface area contributed by atoms with Crippen molar-refractivity contribution >= 4 is 71.2 Å². The van der Waals surface area contributed by atoms with E-state index in [4.69, 9.17) is 0 Å². The molecule has 0 radical (unpaired) electrons. The van der Waals surface area contributed by atoms with Crippen LogP contribution in [0.2, 0.25) is 0 Å². The van der Waals surface area contributed by atoms with Gasteiger partial charge in [-0.05, 0) is 0 Å². The molecular weight excluding hydrogens is 108 g/mol. The van der Waals surface area contributed by atoms with E-state index < -0.39 is 0 Å². The molecule has 0 rings (SSSR count). The summed E-state index contributed by atoms with van der Waals surface area (Å²) in [7, 11) is 15.5. The summed E-state index contributed by atoms with van der Waals surface area (Å²) < 4.78 is 0. The molecule has 0 aromatic rings. The van der Waals surface area contributed by atoms with Gasteiger partial charge >= 0.3 is 71.2 Å². The van der Waals surface area contributed by atoms with Gasteiger partial charge in [0.25, 0.3) is 0 Å². The quantitative estimate of drug-likeness (QED) is 0.230. The SMILES string of the molecule is B=BBBBBBBBB. The Bertz CT molecular complexity index is 64.4. The third-order valence-corrected chi connectivity index (χ3v) is 1.76. The first-order chi connectivity index (χ1) is 4.91. The summed E-state index contributed by atoms with van der Waals surface area (Å²) in [5, 5.41) is 0. The van der Waals surface area contributed by atoms with Crippen molar-refractivity contribution in [3.05, 3.63) is 0 Å². The zero-order chi connectivity index (χ0) is 7.66. The van der Waals surface area contributed by atoms with Crippen molar-refractivity contribution < 1.29 is 0 Å². The van der Waals surface area contributed by atoms with E-state index in [1.165, 1.54) is 49.4 Å².